The number of ether oxygens (including phenoxy) is 3. The first-order valence-electron chi connectivity index (χ1n) is 10.3. The molecule has 3 unspecified atom stereocenters. The van der Waals surface area contributed by atoms with E-state index in [-0.39, 0.29) is 42.2 Å². The first-order valence-corrected chi connectivity index (χ1v) is 10.3. The zero-order valence-electron chi connectivity index (χ0n) is 19.2. The molecule has 0 bridgehead atoms. The molecule has 0 saturated heterocycles. The molecule has 0 aliphatic heterocycles. The van der Waals surface area contributed by atoms with Gasteiger partial charge in [-0.2, -0.15) is 0 Å². The Labute approximate surface area is 188 Å². The highest BCUT2D eigenvalue weighted by Gasteiger charge is 2.42. The minimum absolute atomic E-state index is 0.121. The zero-order chi connectivity index (χ0) is 24.5. The number of nitrogens with one attached hydrogen (secondary N) is 2. The molecule has 1 fully saturated rings. The highest BCUT2D eigenvalue weighted by Crippen LogP contribution is 2.45. The van der Waals surface area contributed by atoms with Crippen molar-refractivity contribution in [2.45, 2.75) is 59.1 Å². The Morgan fingerprint density at radius 2 is 1.78 bits per heavy atom. The minimum Gasteiger partial charge on any atom is -0.465 e. The fraction of sp³-hybridized carbons (Fsp3) is 0.636. The van der Waals surface area contributed by atoms with E-state index in [1.54, 1.807) is 0 Å². The van der Waals surface area contributed by atoms with Crippen LogP contribution in [0.5, 0.6) is 0 Å². The van der Waals surface area contributed by atoms with Crippen LogP contribution in [0.1, 0.15) is 47.0 Å². The average molecular weight is 455 g/mol. The molecule has 3 N–H and O–H groups in total. The summed E-state index contributed by atoms with van der Waals surface area (Å²) in [5, 5.41) is 14.3. The number of hydrogen-bond donors (Lipinski definition) is 3. The summed E-state index contributed by atoms with van der Waals surface area (Å²) in [5.41, 5.74) is -0.316. The molecule has 1 aliphatic carbocycles. The molecule has 0 aromatic heterocycles. The van der Waals surface area contributed by atoms with Crippen molar-refractivity contribution in [1.82, 2.24) is 10.6 Å². The lowest BCUT2D eigenvalue weighted by Crippen LogP contribution is -2.50. The number of hydrogen-bond acceptors (Lipinski definition) is 7. The van der Waals surface area contributed by atoms with Crippen LogP contribution in [-0.2, 0) is 23.8 Å². The first kappa shape index (κ1) is 27.0. The summed E-state index contributed by atoms with van der Waals surface area (Å²) in [7, 11) is 0. The van der Waals surface area contributed by atoms with E-state index in [9.17, 15) is 19.2 Å². The Morgan fingerprint density at radius 3 is 2.34 bits per heavy atom. The van der Waals surface area contributed by atoms with Gasteiger partial charge in [0.15, 0.2) is 6.10 Å². The summed E-state index contributed by atoms with van der Waals surface area (Å²) in [5.74, 6) is -1.37. The number of amides is 2. The van der Waals surface area contributed by atoms with E-state index in [1.807, 2.05) is 6.92 Å². The Morgan fingerprint density at radius 1 is 1.16 bits per heavy atom. The predicted octanol–water partition coefficient (Wildman–Crippen LogP) is 2.78. The third-order valence-electron chi connectivity index (χ3n) is 5.03. The van der Waals surface area contributed by atoms with E-state index in [0.717, 1.165) is 12.5 Å². The predicted molar refractivity (Wildman–Crippen MR) is 116 cm³/mol. The van der Waals surface area contributed by atoms with Crippen molar-refractivity contribution < 1.29 is 38.5 Å². The van der Waals surface area contributed by atoms with Crippen LogP contribution < -0.4 is 10.6 Å². The summed E-state index contributed by atoms with van der Waals surface area (Å²) >= 11 is 0. The third-order valence-corrected chi connectivity index (χ3v) is 5.03. The molecule has 0 aromatic rings. The molecular weight excluding hydrogens is 420 g/mol. The van der Waals surface area contributed by atoms with Crippen LogP contribution in [-0.4, -0.2) is 61.1 Å². The van der Waals surface area contributed by atoms with Crippen LogP contribution in [0.15, 0.2) is 24.8 Å². The molecule has 10 nitrogen and oxygen atoms in total. The molecule has 1 rings (SSSR count). The number of rotatable bonds is 10. The van der Waals surface area contributed by atoms with Crippen LogP contribution in [0.2, 0.25) is 0 Å². The summed E-state index contributed by atoms with van der Waals surface area (Å²) < 4.78 is 15.2. The molecule has 1 saturated carbocycles. The van der Waals surface area contributed by atoms with Gasteiger partial charge in [0.1, 0.15) is 13.2 Å². The average Bonchev–Trinajstić information content (AvgIpc) is 2.65. The van der Waals surface area contributed by atoms with Gasteiger partial charge >= 0.3 is 24.1 Å². The maximum absolute atomic E-state index is 12.4. The van der Waals surface area contributed by atoms with Crippen LogP contribution in [0.3, 0.4) is 0 Å². The smallest absolute Gasteiger partial charge is 0.407 e. The van der Waals surface area contributed by atoms with E-state index in [0.29, 0.717) is 12.8 Å². The van der Waals surface area contributed by atoms with E-state index < -0.39 is 30.2 Å². The minimum atomic E-state index is -1.08. The third kappa shape index (κ3) is 9.84. The summed E-state index contributed by atoms with van der Waals surface area (Å²) in [4.78, 5) is 46.4. The van der Waals surface area contributed by atoms with Crippen molar-refractivity contribution in [3.63, 3.8) is 0 Å². The van der Waals surface area contributed by atoms with Gasteiger partial charge in [0.2, 0.25) is 0 Å². The molecule has 0 spiro atoms. The lowest BCUT2D eigenvalue weighted by atomic mass is 9.62. The van der Waals surface area contributed by atoms with Crippen LogP contribution in [0, 0.1) is 10.8 Å². The quantitative estimate of drug-likeness (QED) is 0.260. The Bertz CT molecular complexity index is 748. The van der Waals surface area contributed by atoms with Gasteiger partial charge in [0.25, 0.3) is 0 Å². The molecule has 0 heterocycles. The van der Waals surface area contributed by atoms with Gasteiger partial charge in [0.05, 0.1) is 0 Å². The van der Waals surface area contributed by atoms with E-state index in [1.165, 1.54) is 6.92 Å². The van der Waals surface area contributed by atoms with Gasteiger partial charge < -0.3 is 30.0 Å². The lowest BCUT2D eigenvalue weighted by Gasteiger charge is -2.46. The summed E-state index contributed by atoms with van der Waals surface area (Å²) in [6, 6.07) is -0.230. The fourth-order valence-electron chi connectivity index (χ4n) is 4.17. The highest BCUT2D eigenvalue weighted by molar-refractivity contribution is 5.87. The Hall–Kier alpha value is -3.04. The molecule has 32 heavy (non-hydrogen) atoms. The normalized spacial score (nSPS) is 22.6. The van der Waals surface area contributed by atoms with E-state index in [2.05, 4.69) is 37.6 Å². The van der Waals surface area contributed by atoms with Crippen LogP contribution in [0.25, 0.3) is 0 Å². The maximum Gasteiger partial charge on any atom is 0.407 e. The van der Waals surface area contributed by atoms with Crippen molar-refractivity contribution in [2.24, 2.45) is 10.8 Å². The van der Waals surface area contributed by atoms with Crippen molar-refractivity contribution in [3.8, 4) is 0 Å². The van der Waals surface area contributed by atoms with Gasteiger partial charge in [-0.05, 0) is 37.0 Å². The van der Waals surface area contributed by atoms with E-state index in [4.69, 9.17) is 19.3 Å². The monoisotopic (exact) mass is 454 g/mol. The molecular formula is C22H34N2O8. The number of carbonyl (C=O) groups excluding carboxylic acids is 3. The van der Waals surface area contributed by atoms with E-state index >= 15 is 0 Å². The van der Waals surface area contributed by atoms with Crippen LogP contribution >= 0.6 is 0 Å². The molecule has 0 radical (unpaired) electrons. The van der Waals surface area contributed by atoms with Crippen molar-refractivity contribution in [1.29, 1.82) is 0 Å². The van der Waals surface area contributed by atoms with Gasteiger partial charge in [-0.3, -0.25) is 0 Å². The van der Waals surface area contributed by atoms with Gasteiger partial charge in [-0.15, -0.1) is 0 Å². The molecule has 180 valence electrons. The SMILES string of the molecule is C=CC(=O)OCC(COC(=O)C(=C)C)OC(=O)NCC1(C)CC(NC(=O)O)CC(C)(C)C1. The molecule has 2 amide bonds. The molecule has 10 heteroatoms. The topological polar surface area (TPSA) is 140 Å². The first-order chi connectivity index (χ1) is 14.7. The van der Waals surface area contributed by atoms with Gasteiger partial charge in [0, 0.05) is 24.2 Å². The molecule has 1 aliphatic rings. The number of alkyl carbamates (subject to hydrolysis) is 1. The summed E-state index contributed by atoms with van der Waals surface area (Å²) in [6.45, 7) is 13.9. The second-order valence-corrected chi connectivity index (χ2v) is 9.30. The van der Waals surface area contributed by atoms with Gasteiger partial charge in [-0.25, -0.2) is 19.2 Å². The van der Waals surface area contributed by atoms with Crippen molar-refractivity contribution in [3.05, 3.63) is 24.8 Å². The second kappa shape index (κ2) is 11.5. The highest BCUT2D eigenvalue weighted by atomic mass is 16.6. The Kier molecular flexibility index (Phi) is 9.74. The molecule has 0 aromatic carbocycles. The largest absolute Gasteiger partial charge is 0.465 e. The fourth-order valence-corrected chi connectivity index (χ4v) is 4.17. The van der Waals surface area contributed by atoms with Crippen molar-refractivity contribution >= 4 is 24.1 Å². The van der Waals surface area contributed by atoms with Crippen molar-refractivity contribution in [2.75, 3.05) is 19.8 Å². The number of carboxylic acid groups (broad SMARTS) is 1. The number of esters is 2. The Balaban J connectivity index is 2.71. The second-order valence-electron chi connectivity index (χ2n) is 9.30. The summed E-state index contributed by atoms with van der Waals surface area (Å²) in [6.07, 6.45) is 0.106. The lowest BCUT2D eigenvalue weighted by molar-refractivity contribution is -0.147. The number of carbonyl (C=O) groups is 4. The van der Waals surface area contributed by atoms with Gasteiger partial charge in [-0.1, -0.05) is 33.9 Å². The zero-order valence-corrected chi connectivity index (χ0v) is 19.2. The molecule has 3 atom stereocenters. The maximum atomic E-state index is 12.4. The standard InChI is InChI=1S/C22H34N2O8/c1-7-17(25)30-10-16(11-31-18(26)14(2)3)32-20(29)23-13-22(6)9-15(24-19(27)28)8-21(4,5)12-22/h7,15-16,24H,1-2,8-13H2,3-6H3,(H,23,29)(H,27,28). The van der Waals surface area contributed by atoms with Crippen LogP contribution in [0.4, 0.5) is 9.59 Å².